The molecule has 3 nitrogen and oxygen atoms in total. The smallest absolute Gasteiger partial charge is 0.136 e. The van der Waals surface area contributed by atoms with Crippen molar-refractivity contribution in [1.82, 2.24) is 5.48 Å². The third-order valence-corrected chi connectivity index (χ3v) is 0.692. The number of nitrogens with one attached hydrogen (secondary N) is 1. The van der Waals surface area contributed by atoms with Crippen molar-refractivity contribution in [2.24, 2.45) is 0 Å². The van der Waals surface area contributed by atoms with Gasteiger partial charge in [0.2, 0.25) is 0 Å². The van der Waals surface area contributed by atoms with Crippen LogP contribution >= 0.6 is 11.6 Å². The second kappa shape index (κ2) is 5.42. The highest BCUT2D eigenvalue weighted by atomic mass is 35.5. The summed E-state index contributed by atoms with van der Waals surface area (Å²) in [5.74, 6) is 0. The van der Waals surface area contributed by atoms with Crippen molar-refractivity contribution < 1.29 is 4.84 Å². The molecule has 0 aromatic carbocycles. The van der Waals surface area contributed by atoms with Crippen molar-refractivity contribution in [3.63, 3.8) is 0 Å². The van der Waals surface area contributed by atoms with Gasteiger partial charge >= 0.3 is 0 Å². The Labute approximate surface area is 58.8 Å². The Balaban J connectivity index is 3.40. The van der Waals surface area contributed by atoms with Gasteiger partial charge in [0.25, 0.3) is 0 Å². The fraction of sp³-hybridized carbons (Fsp3) is 0.400. The Kier molecular flexibility index (Phi) is 4.98. The molecule has 0 amide bonds. The highest BCUT2D eigenvalue weighted by Crippen LogP contribution is 1.92. The average Bonchev–Trinajstić information content (AvgIpc) is 1.85. The molecule has 50 valence electrons. The Morgan fingerprint density at radius 1 is 2.00 bits per heavy atom. The fourth-order valence-electron chi connectivity index (χ4n) is 0.227. The van der Waals surface area contributed by atoms with Crippen LogP contribution in [-0.2, 0) is 4.84 Å². The van der Waals surface area contributed by atoms with Crippen molar-refractivity contribution in [3.05, 3.63) is 11.2 Å². The maximum atomic E-state index is 8.03. The van der Waals surface area contributed by atoms with Crippen LogP contribution in [0.1, 0.15) is 6.92 Å². The summed E-state index contributed by atoms with van der Waals surface area (Å²) in [4.78, 5) is 4.65. The predicted octanol–water partition coefficient (Wildman–Crippen LogP) is 1.13. The van der Waals surface area contributed by atoms with Gasteiger partial charge in [-0.1, -0.05) is 11.6 Å². The molecule has 0 rings (SSSR count). The molecule has 0 heterocycles. The van der Waals surface area contributed by atoms with Crippen LogP contribution in [0.4, 0.5) is 0 Å². The highest BCUT2D eigenvalue weighted by Gasteiger charge is 1.85. The summed E-state index contributed by atoms with van der Waals surface area (Å²) in [6.45, 7) is 2.32. The van der Waals surface area contributed by atoms with E-state index in [1.54, 1.807) is 6.07 Å². The number of rotatable bonds is 3. The molecule has 4 heteroatoms. The van der Waals surface area contributed by atoms with Crippen LogP contribution in [0.5, 0.6) is 0 Å². The summed E-state index contributed by atoms with van der Waals surface area (Å²) in [7, 11) is 0. The second-order valence-corrected chi connectivity index (χ2v) is 1.56. The molecule has 0 aromatic rings. The van der Waals surface area contributed by atoms with E-state index in [0.29, 0.717) is 6.61 Å². The molecule has 0 saturated heterocycles. The summed E-state index contributed by atoms with van der Waals surface area (Å²) < 4.78 is 0. The minimum absolute atomic E-state index is 0.194. The van der Waals surface area contributed by atoms with E-state index in [9.17, 15) is 0 Å². The largest absolute Gasteiger partial charge is 0.276 e. The van der Waals surface area contributed by atoms with E-state index in [1.807, 2.05) is 6.92 Å². The SMILES string of the molecule is CCONC(Cl)=CC#N. The predicted molar refractivity (Wildman–Crippen MR) is 34.3 cm³/mol. The summed E-state index contributed by atoms with van der Waals surface area (Å²) in [6.07, 6.45) is 1.15. The van der Waals surface area contributed by atoms with Crippen LogP contribution < -0.4 is 5.48 Å². The van der Waals surface area contributed by atoms with Crippen molar-refractivity contribution in [2.45, 2.75) is 6.92 Å². The van der Waals surface area contributed by atoms with E-state index in [1.165, 1.54) is 0 Å². The zero-order chi connectivity index (χ0) is 7.11. The van der Waals surface area contributed by atoms with Crippen LogP contribution in [0.15, 0.2) is 11.2 Å². The van der Waals surface area contributed by atoms with Crippen molar-refractivity contribution in [2.75, 3.05) is 6.61 Å². The molecule has 0 unspecified atom stereocenters. The van der Waals surface area contributed by atoms with Crippen molar-refractivity contribution in [1.29, 1.82) is 5.26 Å². The minimum atomic E-state index is 0.194. The molecule has 0 aliphatic carbocycles. The lowest BCUT2D eigenvalue weighted by molar-refractivity contribution is 0.0792. The lowest BCUT2D eigenvalue weighted by atomic mass is 10.7. The molecule has 0 spiro atoms. The van der Waals surface area contributed by atoms with Gasteiger partial charge in [0, 0.05) is 0 Å². The summed E-state index contributed by atoms with van der Waals surface area (Å²) in [5.41, 5.74) is 2.34. The average molecular weight is 147 g/mol. The van der Waals surface area contributed by atoms with E-state index in [4.69, 9.17) is 16.9 Å². The zero-order valence-electron chi connectivity index (χ0n) is 5.02. The van der Waals surface area contributed by atoms with E-state index < -0.39 is 0 Å². The quantitative estimate of drug-likeness (QED) is 0.369. The number of halogens is 1. The number of hydroxylamine groups is 1. The van der Waals surface area contributed by atoms with E-state index in [2.05, 4.69) is 10.3 Å². The van der Waals surface area contributed by atoms with Gasteiger partial charge in [-0.05, 0) is 6.92 Å². The Hall–Kier alpha value is -0.720. The third-order valence-electron chi connectivity index (χ3n) is 0.505. The zero-order valence-corrected chi connectivity index (χ0v) is 5.77. The molecule has 0 fully saturated rings. The van der Waals surface area contributed by atoms with Gasteiger partial charge in [0.1, 0.15) is 5.16 Å². The molecule has 0 bridgehead atoms. The summed E-state index contributed by atoms with van der Waals surface area (Å²) in [5, 5.41) is 8.22. The molecule has 0 radical (unpaired) electrons. The van der Waals surface area contributed by atoms with Crippen LogP contribution in [0.3, 0.4) is 0 Å². The molecule has 1 N–H and O–H groups in total. The van der Waals surface area contributed by atoms with Crippen LogP contribution in [0.25, 0.3) is 0 Å². The van der Waals surface area contributed by atoms with Gasteiger partial charge in [-0.25, -0.2) is 0 Å². The van der Waals surface area contributed by atoms with E-state index in [0.717, 1.165) is 6.08 Å². The molecule has 0 aliphatic heterocycles. The normalized spacial score (nSPS) is 10.6. The first-order valence-electron chi connectivity index (χ1n) is 2.44. The van der Waals surface area contributed by atoms with Gasteiger partial charge in [-0.2, -0.15) is 5.26 Å². The number of nitriles is 1. The molecule has 0 saturated carbocycles. The van der Waals surface area contributed by atoms with Gasteiger partial charge in [-0.3, -0.25) is 10.3 Å². The second-order valence-electron chi connectivity index (χ2n) is 1.16. The Morgan fingerprint density at radius 3 is 3.11 bits per heavy atom. The Morgan fingerprint density at radius 2 is 2.67 bits per heavy atom. The molecular weight excluding hydrogens is 140 g/mol. The van der Waals surface area contributed by atoms with E-state index >= 15 is 0 Å². The number of allylic oxidation sites excluding steroid dienone is 1. The first-order chi connectivity index (χ1) is 4.31. The maximum absolute atomic E-state index is 8.03. The number of hydrogen-bond acceptors (Lipinski definition) is 3. The molecule has 9 heavy (non-hydrogen) atoms. The number of hydrogen-bond donors (Lipinski definition) is 1. The van der Waals surface area contributed by atoms with Crippen LogP contribution in [0, 0.1) is 11.3 Å². The third kappa shape index (κ3) is 5.15. The molecule has 0 aliphatic rings. The highest BCUT2D eigenvalue weighted by molar-refractivity contribution is 6.29. The maximum Gasteiger partial charge on any atom is 0.136 e. The van der Waals surface area contributed by atoms with Gasteiger partial charge in [0.15, 0.2) is 0 Å². The summed E-state index contributed by atoms with van der Waals surface area (Å²) in [6, 6.07) is 1.74. The molecular formula is C5H7ClN2O. The lowest BCUT2D eigenvalue weighted by Gasteiger charge is -1.98. The first-order valence-corrected chi connectivity index (χ1v) is 2.82. The first kappa shape index (κ1) is 8.28. The molecule has 0 atom stereocenters. The monoisotopic (exact) mass is 146 g/mol. The minimum Gasteiger partial charge on any atom is -0.276 e. The van der Waals surface area contributed by atoms with Crippen molar-refractivity contribution in [3.8, 4) is 6.07 Å². The standard InChI is InChI=1S/C5H7ClN2O/c1-2-9-8-5(6)3-4-7/h3,8H,2H2,1H3. The summed E-state index contributed by atoms with van der Waals surface area (Å²) >= 11 is 5.36. The van der Waals surface area contributed by atoms with Crippen LogP contribution in [-0.4, -0.2) is 6.61 Å². The Bertz CT molecular complexity index is 138. The van der Waals surface area contributed by atoms with Gasteiger partial charge in [-0.15, -0.1) is 0 Å². The fourth-order valence-corrected chi connectivity index (χ4v) is 0.331. The van der Waals surface area contributed by atoms with Crippen LogP contribution in [0.2, 0.25) is 0 Å². The van der Waals surface area contributed by atoms with E-state index in [-0.39, 0.29) is 5.16 Å². The number of nitrogens with zero attached hydrogens (tertiary/aromatic N) is 1. The lowest BCUT2D eigenvalue weighted by Crippen LogP contribution is -2.09. The van der Waals surface area contributed by atoms with Crippen molar-refractivity contribution >= 4 is 11.6 Å². The topological polar surface area (TPSA) is 45.0 Å². The van der Waals surface area contributed by atoms with Gasteiger partial charge < -0.3 is 0 Å². The van der Waals surface area contributed by atoms with Gasteiger partial charge in [0.05, 0.1) is 18.8 Å². The molecule has 0 aromatic heterocycles.